The van der Waals surface area contributed by atoms with Gasteiger partial charge in [-0.15, -0.1) is 0 Å². The predicted octanol–water partition coefficient (Wildman–Crippen LogP) is 2.04. The molecule has 0 aromatic heterocycles. The molecule has 0 atom stereocenters. The second-order valence-corrected chi connectivity index (χ2v) is 7.20. The van der Waals surface area contributed by atoms with Crippen LogP contribution in [0.5, 0.6) is 0 Å². The molecule has 0 aliphatic carbocycles. The number of piperidine rings is 1. The van der Waals surface area contributed by atoms with Crippen LogP contribution in [0.15, 0.2) is 23.1 Å². The summed E-state index contributed by atoms with van der Waals surface area (Å²) in [5, 5.41) is 9.39. The van der Waals surface area contributed by atoms with Crippen LogP contribution in [0.25, 0.3) is 0 Å². The fourth-order valence-electron chi connectivity index (χ4n) is 2.29. The minimum Gasteiger partial charge on any atom is -0.396 e. The van der Waals surface area contributed by atoms with Crippen molar-refractivity contribution in [3.63, 3.8) is 0 Å². The second-order valence-electron chi connectivity index (χ2n) is 4.92. The normalized spacial score (nSPS) is 18.7. The Kier molecular flexibility index (Phi) is 4.50. The fourth-order valence-corrected chi connectivity index (χ4v) is 4.32. The molecule has 1 aliphatic heterocycles. The Labute approximate surface area is 119 Å². The molecule has 0 spiro atoms. The summed E-state index contributed by atoms with van der Waals surface area (Å²) in [5.74, 6) is 0.208. The van der Waals surface area contributed by atoms with Crippen LogP contribution in [0.1, 0.15) is 18.4 Å². The van der Waals surface area contributed by atoms with E-state index in [1.54, 1.807) is 25.1 Å². The van der Waals surface area contributed by atoms with Gasteiger partial charge in [0.25, 0.3) is 0 Å². The molecule has 1 aliphatic rings. The van der Waals surface area contributed by atoms with E-state index in [0.717, 1.165) is 5.56 Å². The Morgan fingerprint density at radius 1 is 1.37 bits per heavy atom. The maximum absolute atomic E-state index is 12.5. The molecule has 1 aromatic rings. The first-order chi connectivity index (χ1) is 8.96. The number of hydrogen-bond acceptors (Lipinski definition) is 3. The minimum atomic E-state index is -3.53. The Hall–Kier alpha value is -0.620. The van der Waals surface area contributed by atoms with Crippen LogP contribution in [0.4, 0.5) is 0 Å². The van der Waals surface area contributed by atoms with E-state index < -0.39 is 10.0 Å². The van der Waals surface area contributed by atoms with Crippen LogP contribution in [-0.4, -0.2) is 37.5 Å². The first-order valence-corrected chi connectivity index (χ1v) is 8.14. The third-order valence-corrected chi connectivity index (χ3v) is 6.16. The number of aliphatic hydroxyl groups is 1. The van der Waals surface area contributed by atoms with Gasteiger partial charge < -0.3 is 5.11 Å². The fraction of sp³-hybridized carbons (Fsp3) is 0.538. The van der Waals surface area contributed by atoms with E-state index in [1.807, 2.05) is 0 Å². The Bertz CT molecular complexity index is 551. The van der Waals surface area contributed by atoms with Crippen LogP contribution in [-0.2, 0) is 10.0 Å². The first-order valence-electron chi connectivity index (χ1n) is 6.33. The SMILES string of the molecule is Cc1cccc(S(=O)(=O)N2CCC(CO)CC2)c1Cl. The summed E-state index contributed by atoms with van der Waals surface area (Å²) in [7, 11) is -3.53. The molecule has 0 bridgehead atoms. The van der Waals surface area contributed by atoms with Crippen molar-refractivity contribution in [3.8, 4) is 0 Å². The molecular weight excluding hydrogens is 286 g/mol. The number of aryl methyl sites for hydroxylation is 1. The topological polar surface area (TPSA) is 57.6 Å². The zero-order chi connectivity index (χ0) is 14.0. The molecular formula is C13H18ClNO3S. The van der Waals surface area contributed by atoms with Crippen molar-refractivity contribution in [1.82, 2.24) is 4.31 Å². The van der Waals surface area contributed by atoms with Gasteiger partial charge in [-0.3, -0.25) is 0 Å². The Morgan fingerprint density at radius 3 is 2.58 bits per heavy atom. The number of sulfonamides is 1. The summed E-state index contributed by atoms with van der Waals surface area (Å²) in [6.07, 6.45) is 1.39. The summed E-state index contributed by atoms with van der Waals surface area (Å²) in [4.78, 5) is 0.177. The number of hydrogen-bond donors (Lipinski definition) is 1. The van der Waals surface area contributed by atoms with Crippen LogP contribution < -0.4 is 0 Å². The molecule has 1 heterocycles. The molecule has 0 saturated carbocycles. The second kappa shape index (κ2) is 5.79. The van der Waals surface area contributed by atoms with Crippen LogP contribution in [0, 0.1) is 12.8 Å². The summed E-state index contributed by atoms with van der Waals surface area (Å²) in [6, 6.07) is 5.04. The number of benzene rings is 1. The van der Waals surface area contributed by atoms with Gasteiger partial charge in [-0.2, -0.15) is 4.31 Å². The summed E-state index contributed by atoms with van der Waals surface area (Å²) >= 11 is 6.11. The van der Waals surface area contributed by atoms with Crippen molar-refractivity contribution in [2.75, 3.05) is 19.7 Å². The Balaban J connectivity index is 2.26. The summed E-state index contributed by atoms with van der Waals surface area (Å²) < 4.78 is 26.5. The van der Waals surface area contributed by atoms with E-state index in [4.69, 9.17) is 16.7 Å². The zero-order valence-electron chi connectivity index (χ0n) is 10.8. The van der Waals surface area contributed by atoms with Gasteiger partial charge >= 0.3 is 0 Å². The van der Waals surface area contributed by atoms with Crippen molar-refractivity contribution in [2.45, 2.75) is 24.7 Å². The average Bonchev–Trinajstić information content (AvgIpc) is 2.41. The summed E-state index contributed by atoms with van der Waals surface area (Å²) in [5.41, 5.74) is 0.757. The number of halogens is 1. The number of aliphatic hydroxyl groups excluding tert-OH is 1. The highest BCUT2D eigenvalue weighted by Gasteiger charge is 2.30. The standard InChI is InChI=1S/C13H18ClNO3S/c1-10-3-2-4-12(13(10)14)19(17,18)15-7-5-11(9-16)6-8-15/h2-4,11,16H,5-9H2,1H3. The van der Waals surface area contributed by atoms with Crippen molar-refractivity contribution in [3.05, 3.63) is 28.8 Å². The van der Waals surface area contributed by atoms with Gasteiger partial charge in [-0.25, -0.2) is 8.42 Å². The van der Waals surface area contributed by atoms with E-state index >= 15 is 0 Å². The first kappa shape index (κ1) is 14.8. The molecule has 1 saturated heterocycles. The molecule has 19 heavy (non-hydrogen) atoms. The lowest BCUT2D eigenvalue weighted by atomic mass is 10.00. The lowest BCUT2D eigenvalue weighted by Gasteiger charge is -2.30. The van der Waals surface area contributed by atoms with Gasteiger partial charge in [0, 0.05) is 19.7 Å². The lowest BCUT2D eigenvalue weighted by molar-refractivity contribution is 0.170. The van der Waals surface area contributed by atoms with Gasteiger partial charge in [-0.05, 0) is 37.3 Å². The molecule has 106 valence electrons. The highest BCUT2D eigenvalue weighted by molar-refractivity contribution is 7.89. The van der Waals surface area contributed by atoms with Crippen LogP contribution in [0.2, 0.25) is 5.02 Å². The van der Waals surface area contributed by atoms with Crippen molar-refractivity contribution < 1.29 is 13.5 Å². The zero-order valence-corrected chi connectivity index (χ0v) is 12.4. The van der Waals surface area contributed by atoms with E-state index in [0.29, 0.717) is 31.0 Å². The number of nitrogens with zero attached hydrogens (tertiary/aromatic N) is 1. The van der Waals surface area contributed by atoms with E-state index in [9.17, 15) is 8.42 Å². The van der Waals surface area contributed by atoms with Gasteiger partial charge in [0.05, 0.1) is 5.02 Å². The van der Waals surface area contributed by atoms with Gasteiger partial charge in [0.2, 0.25) is 10.0 Å². The maximum Gasteiger partial charge on any atom is 0.244 e. The van der Waals surface area contributed by atoms with E-state index in [1.165, 1.54) is 4.31 Å². The third kappa shape index (κ3) is 2.94. The third-order valence-electron chi connectivity index (χ3n) is 3.61. The quantitative estimate of drug-likeness (QED) is 0.929. The largest absolute Gasteiger partial charge is 0.396 e. The lowest BCUT2D eigenvalue weighted by Crippen LogP contribution is -2.39. The van der Waals surface area contributed by atoms with Gasteiger partial charge in [-0.1, -0.05) is 23.7 Å². The highest BCUT2D eigenvalue weighted by atomic mass is 35.5. The molecule has 0 unspecified atom stereocenters. The minimum absolute atomic E-state index is 0.124. The predicted molar refractivity (Wildman–Crippen MR) is 74.8 cm³/mol. The van der Waals surface area contributed by atoms with Gasteiger partial charge in [0.15, 0.2) is 0 Å². The molecule has 6 heteroatoms. The molecule has 0 radical (unpaired) electrons. The van der Waals surface area contributed by atoms with Crippen molar-refractivity contribution in [1.29, 1.82) is 0 Å². The average molecular weight is 304 g/mol. The molecule has 1 fully saturated rings. The smallest absolute Gasteiger partial charge is 0.244 e. The van der Waals surface area contributed by atoms with Crippen molar-refractivity contribution in [2.24, 2.45) is 5.92 Å². The monoisotopic (exact) mass is 303 g/mol. The van der Waals surface area contributed by atoms with Gasteiger partial charge in [0.1, 0.15) is 4.90 Å². The van der Waals surface area contributed by atoms with E-state index in [-0.39, 0.29) is 17.4 Å². The number of rotatable bonds is 3. The molecule has 0 amide bonds. The molecule has 1 N–H and O–H groups in total. The van der Waals surface area contributed by atoms with Crippen LogP contribution >= 0.6 is 11.6 Å². The summed E-state index contributed by atoms with van der Waals surface area (Å²) in [6.45, 7) is 2.80. The Morgan fingerprint density at radius 2 is 2.00 bits per heavy atom. The van der Waals surface area contributed by atoms with Crippen LogP contribution in [0.3, 0.4) is 0 Å². The molecule has 1 aromatic carbocycles. The molecule has 4 nitrogen and oxygen atoms in total. The van der Waals surface area contributed by atoms with Crippen molar-refractivity contribution >= 4 is 21.6 Å². The van der Waals surface area contributed by atoms with E-state index in [2.05, 4.69) is 0 Å². The maximum atomic E-state index is 12.5. The highest BCUT2D eigenvalue weighted by Crippen LogP contribution is 2.29. The molecule has 2 rings (SSSR count).